The van der Waals surface area contributed by atoms with E-state index >= 15 is 0 Å². The van der Waals surface area contributed by atoms with Crippen molar-refractivity contribution in [1.82, 2.24) is 4.98 Å². The van der Waals surface area contributed by atoms with Gasteiger partial charge in [0.2, 0.25) is 0 Å². The molecule has 1 atom stereocenters. The molecule has 0 bridgehead atoms. The van der Waals surface area contributed by atoms with Crippen LogP contribution in [0, 0.1) is 0 Å². The first-order valence-corrected chi connectivity index (χ1v) is 5.03. The predicted octanol–water partition coefficient (Wildman–Crippen LogP) is 2.31. The number of hydrogen-bond acceptors (Lipinski definition) is 2. The van der Waals surface area contributed by atoms with Crippen LogP contribution in [-0.2, 0) is 6.42 Å². The van der Waals surface area contributed by atoms with Gasteiger partial charge in [-0.3, -0.25) is 4.98 Å². The predicted molar refractivity (Wildman–Crippen MR) is 60.0 cm³/mol. The van der Waals surface area contributed by atoms with Crippen molar-refractivity contribution in [2.24, 2.45) is 5.73 Å². The summed E-state index contributed by atoms with van der Waals surface area (Å²) in [5.74, 6) is 0. The summed E-state index contributed by atoms with van der Waals surface area (Å²) < 4.78 is 0. The molecule has 1 rings (SSSR count). The van der Waals surface area contributed by atoms with Crippen LogP contribution in [0.4, 0.5) is 0 Å². The van der Waals surface area contributed by atoms with E-state index < -0.39 is 0 Å². The molecule has 0 aliphatic rings. The molecule has 2 nitrogen and oxygen atoms in total. The maximum absolute atomic E-state index is 5.99. The highest BCUT2D eigenvalue weighted by Crippen LogP contribution is 2.09. The van der Waals surface area contributed by atoms with Gasteiger partial charge >= 0.3 is 0 Å². The van der Waals surface area contributed by atoms with Crippen LogP contribution in [0.2, 0.25) is 0 Å². The second-order valence-electron chi connectivity index (χ2n) is 3.63. The summed E-state index contributed by atoms with van der Waals surface area (Å²) in [7, 11) is 0. The highest BCUT2D eigenvalue weighted by Gasteiger charge is 2.04. The monoisotopic (exact) mass is 190 g/mol. The first-order valence-electron chi connectivity index (χ1n) is 5.03. The zero-order valence-corrected chi connectivity index (χ0v) is 8.74. The minimum Gasteiger partial charge on any atom is -0.327 e. The van der Waals surface area contributed by atoms with E-state index in [4.69, 9.17) is 5.73 Å². The Balaban J connectivity index is 2.41. The highest BCUT2D eigenvalue weighted by molar-refractivity contribution is 5.11. The van der Waals surface area contributed by atoms with Crippen molar-refractivity contribution in [2.45, 2.75) is 32.2 Å². The standard InChI is InChI=1S/C12H18N2/c1-3-10(2)7-12(13)8-11-5-4-6-14-9-11/h4-6,9,12H,2-3,7-8,13H2,1H3. The van der Waals surface area contributed by atoms with E-state index in [0.29, 0.717) is 0 Å². The third-order valence-electron chi connectivity index (χ3n) is 2.27. The zero-order valence-electron chi connectivity index (χ0n) is 8.74. The van der Waals surface area contributed by atoms with Crippen LogP contribution in [0.3, 0.4) is 0 Å². The van der Waals surface area contributed by atoms with Crippen molar-refractivity contribution in [2.75, 3.05) is 0 Å². The quantitative estimate of drug-likeness (QED) is 0.724. The molecule has 0 radical (unpaired) electrons. The number of hydrogen-bond donors (Lipinski definition) is 1. The van der Waals surface area contributed by atoms with Crippen molar-refractivity contribution >= 4 is 0 Å². The second kappa shape index (κ2) is 5.55. The molecule has 2 heteroatoms. The molecule has 0 aliphatic heterocycles. The molecule has 76 valence electrons. The van der Waals surface area contributed by atoms with Crippen molar-refractivity contribution < 1.29 is 0 Å². The average Bonchev–Trinajstić information content (AvgIpc) is 2.19. The van der Waals surface area contributed by atoms with Crippen LogP contribution < -0.4 is 5.73 Å². The van der Waals surface area contributed by atoms with Crippen LogP contribution in [0.25, 0.3) is 0 Å². The van der Waals surface area contributed by atoms with Gasteiger partial charge in [0.05, 0.1) is 0 Å². The third kappa shape index (κ3) is 3.71. The Morgan fingerprint density at radius 1 is 1.64 bits per heavy atom. The van der Waals surface area contributed by atoms with Gasteiger partial charge in [-0.25, -0.2) is 0 Å². The fourth-order valence-corrected chi connectivity index (χ4v) is 1.41. The van der Waals surface area contributed by atoms with E-state index in [9.17, 15) is 0 Å². The summed E-state index contributed by atoms with van der Waals surface area (Å²) >= 11 is 0. The molecule has 0 spiro atoms. The lowest BCUT2D eigenvalue weighted by molar-refractivity contribution is 0.649. The van der Waals surface area contributed by atoms with Gasteiger partial charge in [0.15, 0.2) is 0 Å². The molecular weight excluding hydrogens is 172 g/mol. The summed E-state index contributed by atoms with van der Waals surface area (Å²) in [5, 5.41) is 0. The van der Waals surface area contributed by atoms with Crippen molar-refractivity contribution in [3.8, 4) is 0 Å². The molecule has 0 aliphatic carbocycles. The Labute approximate surface area is 85.9 Å². The van der Waals surface area contributed by atoms with Crippen LogP contribution >= 0.6 is 0 Å². The van der Waals surface area contributed by atoms with E-state index in [1.807, 2.05) is 12.3 Å². The van der Waals surface area contributed by atoms with Gasteiger partial charge in [-0.2, -0.15) is 0 Å². The first-order chi connectivity index (χ1) is 6.72. The van der Waals surface area contributed by atoms with Gasteiger partial charge in [-0.1, -0.05) is 25.1 Å². The fraction of sp³-hybridized carbons (Fsp3) is 0.417. The van der Waals surface area contributed by atoms with E-state index in [0.717, 1.165) is 19.3 Å². The number of nitrogens with zero attached hydrogens (tertiary/aromatic N) is 1. The Hall–Kier alpha value is -1.15. The van der Waals surface area contributed by atoms with Crippen molar-refractivity contribution in [3.05, 3.63) is 42.2 Å². The van der Waals surface area contributed by atoms with E-state index in [2.05, 4.69) is 24.6 Å². The summed E-state index contributed by atoms with van der Waals surface area (Å²) in [6, 6.07) is 4.17. The van der Waals surface area contributed by atoms with Crippen LogP contribution in [0.15, 0.2) is 36.7 Å². The van der Waals surface area contributed by atoms with E-state index in [-0.39, 0.29) is 6.04 Å². The Morgan fingerprint density at radius 2 is 2.43 bits per heavy atom. The highest BCUT2D eigenvalue weighted by atomic mass is 14.6. The second-order valence-corrected chi connectivity index (χ2v) is 3.63. The largest absolute Gasteiger partial charge is 0.327 e. The number of aromatic nitrogens is 1. The molecule has 0 saturated carbocycles. The molecule has 1 aromatic heterocycles. The van der Waals surface area contributed by atoms with Crippen molar-refractivity contribution in [3.63, 3.8) is 0 Å². The SMILES string of the molecule is C=C(CC)CC(N)Cc1cccnc1. The summed E-state index contributed by atoms with van der Waals surface area (Å²) in [5.41, 5.74) is 8.42. The van der Waals surface area contributed by atoms with Crippen LogP contribution in [0.1, 0.15) is 25.3 Å². The van der Waals surface area contributed by atoms with Gasteiger partial charge in [-0.05, 0) is 30.9 Å². The zero-order chi connectivity index (χ0) is 10.4. The number of pyridine rings is 1. The number of nitrogens with two attached hydrogens (primary N) is 1. The lowest BCUT2D eigenvalue weighted by Gasteiger charge is -2.12. The number of rotatable bonds is 5. The van der Waals surface area contributed by atoms with E-state index in [1.165, 1.54) is 11.1 Å². The van der Waals surface area contributed by atoms with Gasteiger partial charge in [-0.15, -0.1) is 0 Å². The fourth-order valence-electron chi connectivity index (χ4n) is 1.41. The van der Waals surface area contributed by atoms with Crippen LogP contribution in [-0.4, -0.2) is 11.0 Å². The maximum Gasteiger partial charge on any atom is 0.0300 e. The molecule has 0 saturated heterocycles. The lowest BCUT2D eigenvalue weighted by atomic mass is 10.0. The molecular formula is C12H18N2. The van der Waals surface area contributed by atoms with Crippen molar-refractivity contribution in [1.29, 1.82) is 0 Å². The maximum atomic E-state index is 5.99. The van der Waals surface area contributed by atoms with Gasteiger partial charge in [0, 0.05) is 18.4 Å². The topological polar surface area (TPSA) is 38.9 Å². The summed E-state index contributed by atoms with van der Waals surface area (Å²) in [6.45, 7) is 6.07. The summed E-state index contributed by atoms with van der Waals surface area (Å²) in [6.07, 6.45) is 6.45. The Bertz CT molecular complexity index is 280. The molecule has 1 heterocycles. The molecule has 1 aromatic rings. The summed E-state index contributed by atoms with van der Waals surface area (Å²) in [4.78, 5) is 4.06. The van der Waals surface area contributed by atoms with Gasteiger partial charge < -0.3 is 5.73 Å². The normalized spacial score (nSPS) is 12.4. The average molecular weight is 190 g/mol. The Morgan fingerprint density at radius 3 is 3.00 bits per heavy atom. The third-order valence-corrected chi connectivity index (χ3v) is 2.27. The lowest BCUT2D eigenvalue weighted by Crippen LogP contribution is -2.23. The van der Waals surface area contributed by atoms with Gasteiger partial charge in [0.25, 0.3) is 0 Å². The molecule has 0 fully saturated rings. The molecule has 2 N–H and O–H groups in total. The van der Waals surface area contributed by atoms with Gasteiger partial charge in [0.1, 0.15) is 0 Å². The molecule has 1 unspecified atom stereocenters. The first kappa shape index (κ1) is 10.9. The minimum atomic E-state index is 0.173. The molecule has 14 heavy (non-hydrogen) atoms. The molecule has 0 amide bonds. The molecule has 0 aromatic carbocycles. The van der Waals surface area contributed by atoms with Crippen LogP contribution in [0.5, 0.6) is 0 Å². The minimum absolute atomic E-state index is 0.173. The Kier molecular flexibility index (Phi) is 4.33. The smallest absolute Gasteiger partial charge is 0.0300 e. The van der Waals surface area contributed by atoms with E-state index in [1.54, 1.807) is 6.20 Å².